The molecule has 0 spiro atoms. The van der Waals surface area contributed by atoms with Crippen LogP contribution in [0, 0.1) is 5.82 Å². The summed E-state index contributed by atoms with van der Waals surface area (Å²) in [6.45, 7) is 3.85. The number of nitrogens with one attached hydrogen (secondary N) is 1. The zero-order chi connectivity index (χ0) is 27.1. The summed E-state index contributed by atoms with van der Waals surface area (Å²) in [5, 5.41) is 24.9. The predicted molar refractivity (Wildman–Crippen MR) is 138 cm³/mol. The van der Waals surface area contributed by atoms with Crippen LogP contribution in [0.25, 0.3) is 22.3 Å². The molecular formula is C24H28ClFN6O5S. The SMILES string of the molecule is CC(C)(O)c1nc2c(F)cc(-c3nc(N[C@@H]4CC5CCC([C@H]4O)N5S(C)(=O)=O)ncc3Cl)c3c2n1CCO3. The summed E-state index contributed by atoms with van der Waals surface area (Å²) in [7, 11) is -3.45. The molecule has 3 N–H and O–H groups in total. The first-order chi connectivity index (χ1) is 17.8. The number of halogens is 2. The maximum Gasteiger partial charge on any atom is 0.223 e. The maximum atomic E-state index is 15.3. The number of benzene rings is 1. The lowest BCUT2D eigenvalue weighted by Crippen LogP contribution is -2.58. The standard InChI is InChI=1S/C24H28ClFN6O5S/c1-24(2,34)22-29-18-14(26)9-12(21-19(18)31(22)6-7-37-21)17-13(25)10-27-23(30-17)28-15-8-11-4-5-16(20(15)33)32(11)38(3,35)36/h9-11,15-16,20,33-34H,4-8H2,1-3H3,(H,27,28,30)/t11?,15-,16?,20+/m1/s1. The van der Waals surface area contributed by atoms with Crippen molar-refractivity contribution in [2.45, 2.75) is 69.5 Å². The van der Waals surface area contributed by atoms with Gasteiger partial charge in [-0.05, 0) is 39.2 Å². The number of hydrogen-bond acceptors (Lipinski definition) is 9. The number of sulfonamides is 1. The molecule has 0 amide bonds. The minimum Gasteiger partial charge on any atom is -0.489 e. The van der Waals surface area contributed by atoms with E-state index in [-0.39, 0.29) is 34.8 Å². The van der Waals surface area contributed by atoms with Crippen molar-refractivity contribution < 1.29 is 27.8 Å². The number of ether oxygens (including phenoxy) is 1. The van der Waals surface area contributed by atoms with Gasteiger partial charge in [0.1, 0.15) is 29.1 Å². The fraction of sp³-hybridized carbons (Fsp3) is 0.542. The number of aliphatic hydroxyl groups is 2. The van der Waals surface area contributed by atoms with Crippen LogP contribution in [-0.4, -0.2) is 79.5 Å². The summed E-state index contributed by atoms with van der Waals surface area (Å²) in [6.07, 6.45) is 3.22. The number of aliphatic hydroxyl groups excluding tert-OH is 1. The van der Waals surface area contributed by atoms with E-state index in [0.717, 1.165) is 6.26 Å². The van der Waals surface area contributed by atoms with Gasteiger partial charge in [0.25, 0.3) is 0 Å². The predicted octanol–water partition coefficient (Wildman–Crippen LogP) is 2.24. The number of anilines is 1. The van der Waals surface area contributed by atoms with E-state index in [1.165, 1.54) is 16.6 Å². The normalized spacial score (nSPS) is 25.6. The van der Waals surface area contributed by atoms with Crippen molar-refractivity contribution in [1.82, 2.24) is 23.8 Å². The Balaban J connectivity index is 1.38. The third kappa shape index (κ3) is 4.02. The minimum atomic E-state index is -3.45. The van der Waals surface area contributed by atoms with E-state index in [9.17, 15) is 18.6 Å². The number of rotatable bonds is 5. The van der Waals surface area contributed by atoms with Crippen molar-refractivity contribution in [3.05, 3.63) is 28.9 Å². The van der Waals surface area contributed by atoms with E-state index >= 15 is 4.39 Å². The molecule has 3 aliphatic rings. The molecule has 4 atom stereocenters. The lowest BCUT2D eigenvalue weighted by Gasteiger charge is -2.41. The second-order valence-corrected chi connectivity index (χ2v) is 13.0. The van der Waals surface area contributed by atoms with Crippen LogP contribution in [0.5, 0.6) is 5.75 Å². The van der Waals surface area contributed by atoms with Gasteiger partial charge >= 0.3 is 0 Å². The first kappa shape index (κ1) is 25.7. The van der Waals surface area contributed by atoms with Gasteiger partial charge in [0.15, 0.2) is 11.6 Å². The van der Waals surface area contributed by atoms with Gasteiger partial charge in [0.05, 0.1) is 47.9 Å². The fourth-order valence-electron chi connectivity index (χ4n) is 6.07. The lowest BCUT2D eigenvalue weighted by molar-refractivity contribution is 0.0472. The largest absolute Gasteiger partial charge is 0.489 e. The summed E-state index contributed by atoms with van der Waals surface area (Å²) in [5.41, 5.74) is -0.267. The molecule has 5 heterocycles. The Hall–Kier alpha value is -2.58. The summed E-state index contributed by atoms with van der Waals surface area (Å²) in [5.74, 6) is 0.225. The van der Waals surface area contributed by atoms with Crippen LogP contribution in [0.2, 0.25) is 5.02 Å². The zero-order valence-corrected chi connectivity index (χ0v) is 22.6. The van der Waals surface area contributed by atoms with Crippen LogP contribution in [0.4, 0.5) is 10.3 Å². The van der Waals surface area contributed by atoms with E-state index in [4.69, 9.17) is 16.3 Å². The molecule has 3 aromatic rings. The lowest BCUT2D eigenvalue weighted by atomic mass is 9.96. The van der Waals surface area contributed by atoms with E-state index in [2.05, 4.69) is 20.3 Å². The Bertz CT molecular complexity index is 1560. The average Bonchev–Trinajstić information content (AvgIpc) is 3.41. The summed E-state index contributed by atoms with van der Waals surface area (Å²) in [4.78, 5) is 13.2. The van der Waals surface area contributed by atoms with Crippen molar-refractivity contribution in [3.8, 4) is 17.0 Å². The molecule has 1 aromatic carbocycles. The molecule has 2 aromatic heterocycles. The molecule has 3 aliphatic heterocycles. The quantitative estimate of drug-likeness (QED) is 0.423. The molecule has 2 fully saturated rings. The van der Waals surface area contributed by atoms with Crippen molar-refractivity contribution in [2.24, 2.45) is 0 Å². The highest BCUT2D eigenvalue weighted by atomic mass is 35.5. The Kier molecular flexibility index (Phi) is 5.89. The number of hydrogen-bond donors (Lipinski definition) is 3. The molecule has 0 aliphatic carbocycles. The molecule has 14 heteroatoms. The van der Waals surface area contributed by atoms with Gasteiger partial charge in [-0.3, -0.25) is 0 Å². The number of fused-ring (bicyclic) bond motifs is 2. The van der Waals surface area contributed by atoms with Crippen molar-refractivity contribution in [3.63, 3.8) is 0 Å². The molecule has 2 bridgehead atoms. The van der Waals surface area contributed by atoms with E-state index in [1.54, 1.807) is 18.4 Å². The highest BCUT2D eigenvalue weighted by Crippen LogP contribution is 2.44. The minimum absolute atomic E-state index is 0.0836. The van der Waals surface area contributed by atoms with Crippen LogP contribution >= 0.6 is 11.6 Å². The molecular weight excluding hydrogens is 539 g/mol. The highest BCUT2D eigenvalue weighted by Gasteiger charge is 2.50. The molecule has 2 saturated heterocycles. The van der Waals surface area contributed by atoms with Crippen molar-refractivity contribution in [1.29, 1.82) is 0 Å². The van der Waals surface area contributed by atoms with Gasteiger partial charge in [-0.1, -0.05) is 11.6 Å². The molecule has 0 radical (unpaired) electrons. The van der Waals surface area contributed by atoms with E-state index in [1.807, 2.05) is 0 Å². The number of aromatic nitrogens is 4. The van der Waals surface area contributed by atoms with Gasteiger partial charge in [0.2, 0.25) is 16.0 Å². The smallest absolute Gasteiger partial charge is 0.223 e. The monoisotopic (exact) mass is 566 g/mol. The van der Waals surface area contributed by atoms with Gasteiger partial charge in [-0.25, -0.2) is 27.8 Å². The Labute approximate surface area is 223 Å². The van der Waals surface area contributed by atoms with Gasteiger partial charge in [0, 0.05) is 11.6 Å². The number of piperidine rings is 1. The van der Waals surface area contributed by atoms with Gasteiger partial charge in [-0.2, -0.15) is 4.31 Å². The molecule has 11 nitrogen and oxygen atoms in total. The second-order valence-electron chi connectivity index (χ2n) is 10.7. The molecule has 38 heavy (non-hydrogen) atoms. The van der Waals surface area contributed by atoms with Crippen LogP contribution in [-0.2, 0) is 22.2 Å². The summed E-state index contributed by atoms with van der Waals surface area (Å²) in [6, 6.07) is 0.0330. The molecule has 6 rings (SSSR count). The Morgan fingerprint density at radius 3 is 2.76 bits per heavy atom. The Morgan fingerprint density at radius 1 is 1.29 bits per heavy atom. The first-order valence-electron chi connectivity index (χ1n) is 12.4. The number of nitrogens with zero attached hydrogens (tertiary/aromatic N) is 5. The zero-order valence-electron chi connectivity index (χ0n) is 21.0. The summed E-state index contributed by atoms with van der Waals surface area (Å²) >= 11 is 6.48. The fourth-order valence-corrected chi connectivity index (χ4v) is 7.72. The van der Waals surface area contributed by atoms with Crippen molar-refractivity contribution >= 4 is 38.6 Å². The summed E-state index contributed by atoms with van der Waals surface area (Å²) < 4.78 is 49.0. The van der Waals surface area contributed by atoms with Crippen LogP contribution in [0.3, 0.4) is 0 Å². The first-order valence-corrected chi connectivity index (χ1v) is 14.6. The third-order valence-electron chi connectivity index (χ3n) is 7.54. The molecule has 0 saturated carbocycles. The van der Waals surface area contributed by atoms with E-state index < -0.39 is 39.6 Å². The van der Waals surface area contributed by atoms with E-state index in [0.29, 0.717) is 48.5 Å². The third-order valence-corrected chi connectivity index (χ3v) is 9.16. The molecule has 204 valence electrons. The van der Waals surface area contributed by atoms with Gasteiger partial charge in [-0.15, -0.1) is 0 Å². The maximum absolute atomic E-state index is 15.3. The van der Waals surface area contributed by atoms with Crippen molar-refractivity contribution in [2.75, 3.05) is 18.2 Å². The molecule has 2 unspecified atom stereocenters. The van der Waals surface area contributed by atoms with Crippen LogP contribution in [0.15, 0.2) is 12.3 Å². The van der Waals surface area contributed by atoms with Crippen LogP contribution < -0.4 is 10.1 Å². The second kappa shape index (κ2) is 8.71. The number of imidazole rings is 1. The topological polar surface area (TPSA) is 143 Å². The van der Waals surface area contributed by atoms with Crippen LogP contribution in [0.1, 0.15) is 38.9 Å². The average molecular weight is 567 g/mol. The van der Waals surface area contributed by atoms with Gasteiger partial charge < -0.3 is 24.8 Å². The Morgan fingerprint density at radius 2 is 2.05 bits per heavy atom. The highest BCUT2D eigenvalue weighted by molar-refractivity contribution is 7.88.